The summed E-state index contributed by atoms with van der Waals surface area (Å²) in [6, 6.07) is 3.81. The molecule has 2 aromatic rings. The number of aliphatic hydroxyl groups is 1. The first-order valence-electron chi connectivity index (χ1n) is 5.77. The fourth-order valence-electron chi connectivity index (χ4n) is 1.88. The van der Waals surface area contributed by atoms with E-state index in [1.807, 2.05) is 33.0 Å². The van der Waals surface area contributed by atoms with Crippen LogP contribution in [0, 0.1) is 13.8 Å². The van der Waals surface area contributed by atoms with Gasteiger partial charge >= 0.3 is 0 Å². The van der Waals surface area contributed by atoms with Crippen LogP contribution in [-0.2, 0) is 13.5 Å². The summed E-state index contributed by atoms with van der Waals surface area (Å²) >= 11 is 3.50. The highest BCUT2D eigenvalue weighted by molar-refractivity contribution is 9.10. The fourth-order valence-corrected chi connectivity index (χ4v) is 2.38. The number of aliphatic hydroxyl groups excluding tert-OH is 1. The Hall–Kier alpha value is -1.20. The molecule has 0 saturated carbocycles. The molecule has 1 N–H and O–H groups in total. The molecule has 0 aromatic carbocycles. The monoisotopic (exact) mass is 309 g/mol. The van der Waals surface area contributed by atoms with E-state index in [-0.39, 0.29) is 0 Å². The lowest BCUT2D eigenvalue weighted by atomic mass is 10.1. The predicted molar refractivity (Wildman–Crippen MR) is 73.3 cm³/mol. The molecule has 1 unspecified atom stereocenters. The Morgan fingerprint density at radius 3 is 2.61 bits per heavy atom. The molecule has 0 aliphatic rings. The molecule has 0 spiro atoms. The topological polar surface area (TPSA) is 50.9 Å². The minimum atomic E-state index is -0.566. The fraction of sp³-hybridized carbons (Fsp3) is 0.385. The lowest BCUT2D eigenvalue weighted by Gasteiger charge is -2.11. The van der Waals surface area contributed by atoms with Crippen LogP contribution in [0.25, 0.3) is 0 Å². The van der Waals surface area contributed by atoms with Crippen LogP contribution in [0.4, 0.5) is 0 Å². The number of hydrogen-bond acceptors (Lipinski definition) is 3. The highest BCUT2D eigenvalue weighted by atomic mass is 79.9. The van der Waals surface area contributed by atoms with Gasteiger partial charge in [0.2, 0.25) is 0 Å². The number of halogens is 1. The largest absolute Gasteiger partial charge is 0.388 e. The van der Waals surface area contributed by atoms with E-state index in [1.54, 1.807) is 10.9 Å². The van der Waals surface area contributed by atoms with Crippen molar-refractivity contribution in [2.24, 2.45) is 7.05 Å². The maximum Gasteiger partial charge on any atom is 0.0860 e. The molecule has 2 aromatic heterocycles. The SMILES string of the molecule is Cc1ccc(C(O)Cc2c(Br)c(C)nn2C)cn1. The van der Waals surface area contributed by atoms with Gasteiger partial charge in [0, 0.05) is 25.4 Å². The molecule has 0 bridgehead atoms. The first-order chi connectivity index (χ1) is 8.49. The average Bonchev–Trinajstić information content (AvgIpc) is 2.57. The standard InChI is InChI=1S/C13H16BrN3O/c1-8-4-5-10(7-15-8)12(18)6-11-13(14)9(2)16-17(11)3/h4-5,7,12,18H,6H2,1-3H3. The highest BCUT2D eigenvalue weighted by Gasteiger charge is 2.16. The molecular weight excluding hydrogens is 294 g/mol. The third-order valence-corrected chi connectivity index (χ3v) is 4.00. The minimum Gasteiger partial charge on any atom is -0.388 e. The molecule has 0 fully saturated rings. The van der Waals surface area contributed by atoms with Gasteiger partial charge in [-0.05, 0) is 41.4 Å². The highest BCUT2D eigenvalue weighted by Crippen LogP contribution is 2.25. The zero-order valence-corrected chi connectivity index (χ0v) is 12.3. The van der Waals surface area contributed by atoms with Gasteiger partial charge < -0.3 is 5.11 Å². The van der Waals surface area contributed by atoms with Crippen molar-refractivity contribution >= 4 is 15.9 Å². The molecule has 96 valence electrons. The summed E-state index contributed by atoms with van der Waals surface area (Å²) in [4.78, 5) is 4.20. The molecule has 5 heteroatoms. The van der Waals surface area contributed by atoms with Gasteiger partial charge in [-0.2, -0.15) is 5.10 Å². The van der Waals surface area contributed by atoms with Crippen molar-refractivity contribution in [3.05, 3.63) is 45.4 Å². The molecule has 4 nitrogen and oxygen atoms in total. The summed E-state index contributed by atoms with van der Waals surface area (Å²) in [5, 5.41) is 14.5. The summed E-state index contributed by atoms with van der Waals surface area (Å²) in [5.41, 5.74) is 3.69. The van der Waals surface area contributed by atoms with Crippen LogP contribution in [-0.4, -0.2) is 19.9 Å². The van der Waals surface area contributed by atoms with Crippen molar-refractivity contribution in [1.82, 2.24) is 14.8 Å². The van der Waals surface area contributed by atoms with E-state index in [1.165, 1.54) is 0 Å². The van der Waals surface area contributed by atoms with Gasteiger partial charge in [0.05, 0.1) is 22.0 Å². The van der Waals surface area contributed by atoms with Gasteiger partial charge in [0.25, 0.3) is 0 Å². The van der Waals surface area contributed by atoms with Crippen molar-refractivity contribution in [2.45, 2.75) is 26.4 Å². The van der Waals surface area contributed by atoms with Crippen LogP contribution in [0.1, 0.15) is 28.7 Å². The Morgan fingerprint density at radius 1 is 1.39 bits per heavy atom. The van der Waals surface area contributed by atoms with Gasteiger partial charge in [-0.15, -0.1) is 0 Å². The molecule has 0 saturated heterocycles. The van der Waals surface area contributed by atoms with Crippen LogP contribution in [0.15, 0.2) is 22.8 Å². The number of hydrogen-bond donors (Lipinski definition) is 1. The van der Waals surface area contributed by atoms with Crippen molar-refractivity contribution in [3.8, 4) is 0 Å². The van der Waals surface area contributed by atoms with E-state index >= 15 is 0 Å². The summed E-state index contributed by atoms with van der Waals surface area (Å²) < 4.78 is 2.76. The molecule has 0 aliphatic heterocycles. The minimum absolute atomic E-state index is 0.517. The lowest BCUT2D eigenvalue weighted by Crippen LogP contribution is -2.07. The van der Waals surface area contributed by atoms with E-state index in [4.69, 9.17) is 0 Å². The normalized spacial score (nSPS) is 12.7. The first kappa shape index (κ1) is 13.2. The maximum absolute atomic E-state index is 10.2. The summed E-state index contributed by atoms with van der Waals surface area (Å²) in [5.74, 6) is 0. The number of nitrogens with zero attached hydrogens (tertiary/aromatic N) is 3. The van der Waals surface area contributed by atoms with Crippen molar-refractivity contribution in [3.63, 3.8) is 0 Å². The second kappa shape index (κ2) is 5.20. The Morgan fingerprint density at radius 2 is 2.11 bits per heavy atom. The molecule has 0 aliphatic carbocycles. The van der Waals surface area contributed by atoms with Gasteiger partial charge in [-0.3, -0.25) is 9.67 Å². The van der Waals surface area contributed by atoms with Gasteiger partial charge in [-0.1, -0.05) is 6.07 Å². The van der Waals surface area contributed by atoms with E-state index in [9.17, 15) is 5.11 Å². The summed E-state index contributed by atoms with van der Waals surface area (Å²) in [7, 11) is 1.88. The average molecular weight is 310 g/mol. The van der Waals surface area contributed by atoms with E-state index in [2.05, 4.69) is 26.0 Å². The van der Waals surface area contributed by atoms with Crippen LogP contribution in [0.3, 0.4) is 0 Å². The zero-order chi connectivity index (χ0) is 13.3. The van der Waals surface area contributed by atoms with Gasteiger partial charge in [0.15, 0.2) is 0 Å². The van der Waals surface area contributed by atoms with Gasteiger partial charge in [-0.25, -0.2) is 0 Å². The van der Waals surface area contributed by atoms with E-state index < -0.39 is 6.10 Å². The quantitative estimate of drug-likeness (QED) is 0.947. The first-order valence-corrected chi connectivity index (χ1v) is 6.57. The Balaban J connectivity index is 2.21. The maximum atomic E-state index is 10.2. The van der Waals surface area contributed by atoms with E-state index in [0.717, 1.165) is 27.1 Å². The van der Waals surface area contributed by atoms with Crippen LogP contribution in [0.2, 0.25) is 0 Å². The second-order valence-electron chi connectivity index (χ2n) is 4.42. The third kappa shape index (κ3) is 2.62. The molecule has 2 rings (SSSR count). The molecule has 1 atom stereocenters. The molecular formula is C13H16BrN3O. The number of pyridine rings is 1. The zero-order valence-electron chi connectivity index (χ0n) is 10.7. The molecule has 18 heavy (non-hydrogen) atoms. The smallest absolute Gasteiger partial charge is 0.0860 e. The number of rotatable bonds is 3. The molecule has 0 amide bonds. The Kier molecular flexibility index (Phi) is 3.82. The Bertz CT molecular complexity index is 548. The van der Waals surface area contributed by atoms with Crippen LogP contribution < -0.4 is 0 Å². The number of aryl methyl sites for hydroxylation is 3. The van der Waals surface area contributed by atoms with Crippen molar-refractivity contribution in [1.29, 1.82) is 0 Å². The Labute approximate surface area is 115 Å². The second-order valence-corrected chi connectivity index (χ2v) is 5.22. The van der Waals surface area contributed by atoms with E-state index in [0.29, 0.717) is 6.42 Å². The van der Waals surface area contributed by atoms with Crippen molar-refractivity contribution in [2.75, 3.05) is 0 Å². The van der Waals surface area contributed by atoms with Crippen molar-refractivity contribution < 1.29 is 5.11 Å². The molecule has 0 radical (unpaired) electrons. The number of aromatic nitrogens is 3. The summed E-state index contributed by atoms with van der Waals surface area (Å²) in [6.07, 6.45) is 1.67. The van der Waals surface area contributed by atoms with Crippen LogP contribution in [0.5, 0.6) is 0 Å². The summed E-state index contributed by atoms with van der Waals surface area (Å²) in [6.45, 7) is 3.87. The van der Waals surface area contributed by atoms with Gasteiger partial charge in [0.1, 0.15) is 0 Å². The lowest BCUT2D eigenvalue weighted by molar-refractivity contribution is 0.175. The molecule has 2 heterocycles. The predicted octanol–water partition coefficient (Wildman–Crippen LogP) is 2.47. The van der Waals surface area contributed by atoms with Crippen LogP contribution >= 0.6 is 15.9 Å². The third-order valence-electron chi connectivity index (χ3n) is 2.97.